The molecule has 1 aromatic heterocycles. The number of para-hydroxylation sites is 2. The van der Waals surface area contributed by atoms with Crippen LogP contribution in [0.1, 0.15) is 28.1 Å². The molecule has 0 bridgehead atoms. The number of aromatic nitrogens is 2. The van der Waals surface area contributed by atoms with Crippen molar-refractivity contribution in [2.24, 2.45) is 0 Å². The number of hydrogen-bond donors (Lipinski definition) is 1. The number of imidazole rings is 1. The second-order valence-corrected chi connectivity index (χ2v) is 8.49. The first-order valence-electron chi connectivity index (χ1n) is 11.5. The number of rotatable bonds is 9. The van der Waals surface area contributed by atoms with Gasteiger partial charge in [0, 0.05) is 13.0 Å². The Kier molecular flexibility index (Phi) is 7.08. The maximum absolute atomic E-state index is 12.4. The van der Waals surface area contributed by atoms with Crippen molar-refractivity contribution in [3.63, 3.8) is 0 Å². The molecule has 0 aliphatic heterocycles. The number of carbonyl (C=O) groups is 1. The van der Waals surface area contributed by atoms with Crippen molar-refractivity contribution in [2.75, 3.05) is 13.2 Å². The maximum atomic E-state index is 12.4. The van der Waals surface area contributed by atoms with E-state index in [1.807, 2.05) is 55.5 Å². The molecule has 170 valence electrons. The van der Waals surface area contributed by atoms with E-state index >= 15 is 0 Å². The summed E-state index contributed by atoms with van der Waals surface area (Å²) in [5.41, 5.74) is 6.62. The lowest BCUT2D eigenvalue weighted by Gasteiger charge is -2.13. The number of nitrogens with zero attached hydrogens (tertiary/aromatic N) is 2. The summed E-state index contributed by atoms with van der Waals surface area (Å²) >= 11 is 0. The van der Waals surface area contributed by atoms with Crippen LogP contribution >= 0.6 is 0 Å². The highest BCUT2D eigenvalue weighted by molar-refractivity contribution is 5.79. The lowest BCUT2D eigenvalue weighted by atomic mass is 10.1. The molecule has 1 heterocycles. The largest absolute Gasteiger partial charge is 0.491 e. The third-order valence-electron chi connectivity index (χ3n) is 5.92. The molecule has 0 fully saturated rings. The predicted molar refractivity (Wildman–Crippen MR) is 133 cm³/mol. The van der Waals surface area contributed by atoms with Crippen molar-refractivity contribution < 1.29 is 9.53 Å². The molecule has 5 nitrogen and oxygen atoms in total. The van der Waals surface area contributed by atoms with Gasteiger partial charge >= 0.3 is 0 Å². The number of amides is 1. The Hall–Kier alpha value is -3.60. The summed E-state index contributed by atoms with van der Waals surface area (Å²) in [5.74, 6) is 1.90. The van der Waals surface area contributed by atoms with E-state index in [2.05, 4.69) is 41.9 Å². The van der Waals surface area contributed by atoms with Crippen LogP contribution in [0.3, 0.4) is 0 Å². The normalized spacial score (nSPS) is 11.0. The number of fused-ring (bicyclic) bond motifs is 1. The summed E-state index contributed by atoms with van der Waals surface area (Å²) in [6.45, 7) is 7.98. The molecule has 1 N–H and O–H groups in total. The first kappa shape index (κ1) is 22.6. The Balaban J connectivity index is 1.39. The van der Waals surface area contributed by atoms with Crippen molar-refractivity contribution in [3.05, 3.63) is 94.8 Å². The minimum Gasteiger partial charge on any atom is -0.491 e. The van der Waals surface area contributed by atoms with Crippen LogP contribution in [0, 0.1) is 20.8 Å². The molecular weight excluding hydrogens is 410 g/mol. The highest BCUT2D eigenvalue weighted by atomic mass is 16.5. The third kappa shape index (κ3) is 5.61. The van der Waals surface area contributed by atoms with Gasteiger partial charge in [-0.2, -0.15) is 0 Å². The molecule has 5 heteroatoms. The lowest BCUT2D eigenvalue weighted by molar-refractivity contribution is -0.120. The van der Waals surface area contributed by atoms with Crippen LogP contribution in [0.2, 0.25) is 0 Å². The molecular formula is C28H31N3O2. The third-order valence-corrected chi connectivity index (χ3v) is 5.92. The summed E-state index contributed by atoms with van der Waals surface area (Å²) in [4.78, 5) is 17.3. The van der Waals surface area contributed by atoms with Gasteiger partial charge in [0.2, 0.25) is 5.91 Å². The maximum Gasteiger partial charge on any atom is 0.224 e. The predicted octanol–water partition coefficient (Wildman–Crippen LogP) is 4.94. The van der Waals surface area contributed by atoms with Gasteiger partial charge < -0.3 is 14.6 Å². The smallest absolute Gasteiger partial charge is 0.224 e. The number of ether oxygens (including phenoxy) is 1. The molecule has 3 aromatic carbocycles. The standard InChI is InChI=1S/C28H31N3O2/c1-20-12-13-26(22(3)18-20)33-17-16-31-25-11-7-6-10-24(25)30-27(31)14-15-29-28(32)19-23-9-5-4-8-21(23)2/h4-13,18H,14-17,19H2,1-3H3,(H,29,32). The van der Waals surface area contributed by atoms with Crippen LogP contribution in [-0.4, -0.2) is 28.6 Å². The Morgan fingerprint density at radius 3 is 2.58 bits per heavy atom. The van der Waals surface area contributed by atoms with Gasteiger partial charge in [-0.1, -0.05) is 54.1 Å². The quantitative estimate of drug-likeness (QED) is 0.400. The second kappa shape index (κ2) is 10.3. The zero-order valence-electron chi connectivity index (χ0n) is 19.6. The first-order chi connectivity index (χ1) is 16.0. The SMILES string of the molecule is Cc1ccc(OCCn2c(CCNC(=O)Cc3ccccc3C)nc3ccccc32)c(C)c1. The molecule has 1 amide bonds. The zero-order valence-corrected chi connectivity index (χ0v) is 19.6. The minimum atomic E-state index is 0.0325. The fraction of sp³-hybridized carbons (Fsp3) is 0.286. The lowest BCUT2D eigenvalue weighted by Crippen LogP contribution is -2.28. The van der Waals surface area contributed by atoms with E-state index in [4.69, 9.17) is 9.72 Å². The van der Waals surface area contributed by atoms with E-state index in [-0.39, 0.29) is 5.91 Å². The zero-order chi connectivity index (χ0) is 23.2. The fourth-order valence-corrected chi connectivity index (χ4v) is 4.13. The van der Waals surface area contributed by atoms with Crippen LogP contribution in [-0.2, 0) is 24.2 Å². The molecule has 33 heavy (non-hydrogen) atoms. The summed E-state index contributed by atoms with van der Waals surface area (Å²) in [6, 6.07) is 22.4. The van der Waals surface area contributed by atoms with Crippen LogP contribution < -0.4 is 10.1 Å². The van der Waals surface area contributed by atoms with E-state index < -0.39 is 0 Å². The van der Waals surface area contributed by atoms with Gasteiger partial charge in [0.05, 0.1) is 24.0 Å². The van der Waals surface area contributed by atoms with Gasteiger partial charge in [-0.15, -0.1) is 0 Å². The number of nitrogens with one attached hydrogen (secondary N) is 1. The van der Waals surface area contributed by atoms with Gasteiger partial charge in [0.25, 0.3) is 0 Å². The number of benzene rings is 3. The van der Waals surface area contributed by atoms with E-state index in [9.17, 15) is 4.79 Å². The molecule has 0 saturated heterocycles. The van der Waals surface area contributed by atoms with Crippen LogP contribution in [0.15, 0.2) is 66.7 Å². The average molecular weight is 442 g/mol. The molecule has 0 spiro atoms. The fourth-order valence-electron chi connectivity index (χ4n) is 4.13. The van der Waals surface area contributed by atoms with E-state index in [1.165, 1.54) is 5.56 Å². The van der Waals surface area contributed by atoms with Gasteiger partial charge in [-0.3, -0.25) is 4.79 Å². The van der Waals surface area contributed by atoms with Gasteiger partial charge in [-0.25, -0.2) is 4.98 Å². The first-order valence-corrected chi connectivity index (χ1v) is 11.5. The van der Waals surface area contributed by atoms with E-state index in [0.717, 1.165) is 39.3 Å². The second-order valence-electron chi connectivity index (χ2n) is 8.49. The average Bonchev–Trinajstić information content (AvgIpc) is 3.14. The highest BCUT2D eigenvalue weighted by Crippen LogP contribution is 2.20. The van der Waals surface area contributed by atoms with Gasteiger partial charge in [0.15, 0.2) is 0 Å². The number of aryl methyl sites for hydroxylation is 3. The van der Waals surface area contributed by atoms with Crippen LogP contribution in [0.4, 0.5) is 0 Å². The summed E-state index contributed by atoms with van der Waals surface area (Å²) < 4.78 is 8.27. The van der Waals surface area contributed by atoms with Crippen molar-refractivity contribution in [2.45, 2.75) is 40.2 Å². The van der Waals surface area contributed by atoms with Crippen molar-refractivity contribution in [3.8, 4) is 5.75 Å². The molecule has 0 atom stereocenters. The summed E-state index contributed by atoms with van der Waals surface area (Å²) in [7, 11) is 0. The van der Waals surface area contributed by atoms with Gasteiger partial charge in [0.1, 0.15) is 18.2 Å². The molecule has 0 aliphatic carbocycles. The molecule has 0 aliphatic rings. The Morgan fingerprint density at radius 2 is 1.76 bits per heavy atom. The van der Waals surface area contributed by atoms with Crippen molar-refractivity contribution in [1.82, 2.24) is 14.9 Å². The molecule has 0 saturated carbocycles. The van der Waals surface area contributed by atoms with E-state index in [1.54, 1.807) is 0 Å². The number of hydrogen-bond acceptors (Lipinski definition) is 3. The molecule has 4 rings (SSSR count). The van der Waals surface area contributed by atoms with E-state index in [0.29, 0.717) is 32.5 Å². The topological polar surface area (TPSA) is 56.1 Å². The highest BCUT2D eigenvalue weighted by Gasteiger charge is 2.12. The number of carbonyl (C=O) groups excluding carboxylic acids is 1. The Morgan fingerprint density at radius 1 is 0.970 bits per heavy atom. The van der Waals surface area contributed by atoms with Crippen LogP contribution in [0.25, 0.3) is 11.0 Å². The molecule has 0 radical (unpaired) electrons. The van der Waals surface area contributed by atoms with Crippen molar-refractivity contribution >= 4 is 16.9 Å². The monoisotopic (exact) mass is 441 g/mol. The van der Waals surface area contributed by atoms with Gasteiger partial charge in [-0.05, 0) is 55.7 Å². The molecule has 4 aromatic rings. The van der Waals surface area contributed by atoms with Crippen LogP contribution in [0.5, 0.6) is 5.75 Å². The Labute approximate surface area is 195 Å². The summed E-state index contributed by atoms with van der Waals surface area (Å²) in [6.07, 6.45) is 1.06. The summed E-state index contributed by atoms with van der Waals surface area (Å²) in [5, 5.41) is 3.05. The minimum absolute atomic E-state index is 0.0325. The molecule has 0 unspecified atom stereocenters. The van der Waals surface area contributed by atoms with Crippen molar-refractivity contribution in [1.29, 1.82) is 0 Å². The Bertz CT molecular complexity index is 1260.